The molecular weight excluding hydrogens is 386 g/mol. The van der Waals surface area contributed by atoms with Gasteiger partial charge in [-0.25, -0.2) is 0 Å². The Balaban J connectivity index is 1.64. The Morgan fingerprint density at radius 3 is 2.69 bits per heavy atom. The molecule has 1 atom stereocenters. The summed E-state index contributed by atoms with van der Waals surface area (Å²) >= 11 is 1.38. The van der Waals surface area contributed by atoms with Crippen LogP contribution in [0.3, 0.4) is 0 Å². The number of likely N-dealkylation sites (tertiary alicyclic amines) is 1. The lowest BCUT2D eigenvalue weighted by Crippen LogP contribution is -2.53. The first-order valence-corrected chi connectivity index (χ1v) is 10.9. The molecule has 7 heteroatoms. The van der Waals surface area contributed by atoms with Gasteiger partial charge in [0.05, 0.1) is 11.4 Å². The molecule has 2 heterocycles. The van der Waals surface area contributed by atoms with Crippen molar-refractivity contribution in [2.24, 2.45) is 0 Å². The number of anilines is 1. The van der Waals surface area contributed by atoms with Crippen molar-refractivity contribution < 1.29 is 14.4 Å². The van der Waals surface area contributed by atoms with E-state index < -0.39 is 6.04 Å². The molecule has 3 rings (SSSR count). The van der Waals surface area contributed by atoms with Gasteiger partial charge >= 0.3 is 0 Å². The third-order valence-electron chi connectivity index (χ3n) is 5.21. The quantitative estimate of drug-likeness (QED) is 0.789. The summed E-state index contributed by atoms with van der Waals surface area (Å²) in [7, 11) is 1.62. The van der Waals surface area contributed by atoms with Crippen LogP contribution < -0.4 is 5.32 Å². The third kappa shape index (κ3) is 5.03. The van der Waals surface area contributed by atoms with Gasteiger partial charge in [0.2, 0.25) is 11.8 Å². The van der Waals surface area contributed by atoms with Gasteiger partial charge in [0.15, 0.2) is 0 Å². The number of hydrogen-bond acceptors (Lipinski definition) is 4. The van der Waals surface area contributed by atoms with Gasteiger partial charge in [-0.1, -0.05) is 31.2 Å². The summed E-state index contributed by atoms with van der Waals surface area (Å²) in [5.74, 6) is -0.532. The van der Waals surface area contributed by atoms with E-state index in [1.54, 1.807) is 18.0 Å². The minimum Gasteiger partial charge on any atom is -0.335 e. The van der Waals surface area contributed by atoms with Crippen LogP contribution in [0.15, 0.2) is 41.8 Å². The minimum absolute atomic E-state index is 0.0472. The molecule has 2 aromatic rings. The Hall–Kier alpha value is -2.67. The van der Waals surface area contributed by atoms with Gasteiger partial charge < -0.3 is 15.1 Å². The molecule has 1 unspecified atom stereocenters. The first-order chi connectivity index (χ1) is 14.0. The number of amides is 3. The number of aryl methyl sites for hydroxylation is 1. The maximum Gasteiger partial charge on any atom is 0.264 e. The number of nitrogens with zero attached hydrogens (tertiary/aromatic N) is 2. The highest BCUT2D eigenvalue weighted by molar-refractivity contribution is 7.12. The predicted octanol–water partition coefficient (Wildman–Crippen LogP) is 3.40. The molecule has 6 nitrogen and oxygen atoms in total. The van der Waals surface area contributed by atoms with Gasteiger partial charge in [0.25, 0.3) is 5.91 Å². The van der Waals surface area contributed by atoms with Crippen molar-refractivity contribution >= 4 is 34.7 Å². The molecule has 1 fully saturated rings. The van der Waals surface area contributed by atoms with Crippen molar-refractivity contribution in [3.63, 3.8) is 0 Å². The number of thiophene rings is 1. The average Bonchev–Trinajstić information content (AvgIpc) is 3.28. The molecule has 0 spiro atoms. The fourth-order valence-corrected chi connectivity index (χ4v) is 4.34. The molecule has 154 valence electrons. The molecule has 1 saturated heterocycles. The summed E-state index contributed by atoms with van der Waals surface area (Å²) in [4.78, 5) is 42.1. The predicted molar refractivity (Wildman–Crippen MR) is 115 cm³/mol. The number of likely N-dealkylation sites (N-methyl/N-ethyl adjacent to an activating group) is 1. The maximum absolute atomic E-state index is 13.0. The molecule has 0 bridgehead atoms. The first-order valence-electron chi connectivity index (χ1n) is 9.98. The molecule has 0 aliphatic carbocycles. The molecule has 3 amide bonds. The number of nitrogens with one attached hydrogen (secondary N) is 1. The Labute approximate surface area is 175 Å². The van der Waals surface area contributed by atoms with Gasteiger partial charge in [-0.05, 0) is 48.8 Å². The zero-order chi connectivity index (χ0) is 20.8. The summed E-state index contributed by atoms with van der Waals surface area (Å²) in [6.07, 6.45) is 3.22. The van der Waals surface area contributed by atoms with Crippen LogP contribution in [-0.4, -0.2) is 53.7 Å². The maximum atomic E-state index is 13.0. The summed E-state index contributed by atoms with van der Waals surface area (Å²) in [5.41, 5.74) is 1.82. The summed E-state index contributed by atoms with van der Waals surface area (Å²) < 4.78 is 0. The van der Waals surface area contributed by atoms with Crippen LogP contribution in [-0.2, 0) is 16.0 Å². The molecule has 29 heavy (non-hydrogen) atoms. The Kier molecular flexibility index (Phi) is 7.04. The lowest BCUT2D eigenvalue weighted by Gasteiger charge is -2.36. The summed E-state index contributed by atoms with van der Waals surface area (Å²) in [5, 5.41) is 4.75. The molecule has 0 radical (unpaired) electrons. The molecule has 1 aromatic heterocycles. The molecule has 1 aromatic carbocycles. The molecule has 1 aliphatic rings. The van der Waals surface area contributed by atoms with Crippen LogP contribution >= 0.6 is 11.3 Å². The number of benzene rings is 1. The van der Waals surface area contributed by atoms with Crippen molar-refractivity contribution in [2.75, 3.05) is 25.5 Å². The molecular formula is C22H27N3O3S. The second kappa shape index (κ2) is 9.69. The van der Waals surface area contributed by atoms with Crippen LogP contribution in [0, 0.1) is 0 Å². The van der Waals surface area contributed by atoms with E-state index in [1.165, 1.54) is 16.2 Å². The van der Waals surface area contributed by atoms with Crippen LogP contribution in [0.2, 0.25) is 0 Å². The number of para-hydroxylation sites is 1. The van der Waals surface area contributed by atoms with Crippen LogP contribution in [0.5, 0.6) is 0 Å². The van der Waals surface area contributed by atoms with Crippen LogP contribution in [0.1, 0.15) is 41.4 Å². The second-order valence-electron chi connectivity index (χ2n) is 7.24. The van der Waals surface area contributed by atoms with E-state index >= 15 is 0 Å². The first kappa shape index (κ1) is 21.0. The molecule has 1 N–H and O–H groups in total. The number of rotatable bonds is 6. The molecule has 1 aliphatic heterocycles. The van der Waals surface area contributed by atoms with Crippen LogP contribution in [0.4, 0.5) is 5.69 Å². The Bertz CT molecular complexity index is 866. The normalized spacial score (nSPS) is 16.3. The van der Waals surface area contributed by atoms with E-state index in [9.17, 15) is 14.4 Å². The highest BCUT2D eigenvalue weighted by atomic mass is 32.1. The smallest absolute Gasteiger partial charge is 0.264 e. The SMILES string of the molecule is CCc1ccccc1NC(=O)CN(C)C(=O)C1CCCCN1C(=O)c1cccs1. The van der Waals surface area contributed by atoms with E-state index in [1.807, 2.05) is 42.6 Å². The highest BCUT2D eigenvalue weighted by Crippen LogP contribution is 2.23. The lowest BCUT2D eigenvalue weighted by molar-refractivity contribution is -0.138. The third-order valence-corrected chi connectivity index (χ3v) is 6.07. The fourth-order valence-electron chi connectivity index (χ4n) is 3.66. The van der Waals surface area contributed by atoms with Gasteiger partial charge in [-0.3, -0.25) is 14.4 Å². The van der Waals surface area contributed by atoms with Gasteiger partial charge in [0.1, 0.15) is 6.04 Å². The number of piperidine rings is 1. The van der Waals surface area contributed by atoms with E-state index in [2.05, 4.69) is 5.32 Å². The van der Waals surface area contributed by atoms with Crippen LogP contribution in [0.25, 0.3) is 0 Å². The highest BCUT2D eigenvalue weighted by Gasteiger charge is 2.35. The fraction of sp³-hybridized carbons (Fsp3) is 0.409. The topological polar surface area (TPSA) is 69.7 Å². The number of carbonyl (C=O) groups excluding carboxylic acids is 3. The Morgan fingerprint density at radius 2 is 1.97 bits per heavy atom. The van der Waals surface area contributed by atoms with Gasteiger partial charge in [-0.15, -0.1) is 11.3 Å². The van der Waals surface area contributed by atoms with E-state index in [0.717, 1.165) is 30.5 Å². The van der Waals surface area contributed by atoms with E-state index in [0.29, 0.717) is 17.8 Å². The molecule has 0 saturated carbocycles. The largest absolute Gasteiger partial charge is 0.335 e. The zero-order valence-corrected chi connectivity index (χ0v) is 17.7. The number of carbonyl (C=O) groups is 3. The monoisotopic (exact) mass is 413 g/mol. The second-order valence-corrected chi connectivity index (χ2v) is 8.19. The Morgan fingerprint density at radius 1 is 1.17 bits per heavy atom. The average molecular weight is 414 g/mol. The van der Waals surface area contributed by atoms with Crippen molar-refractivity contribution in [2.45, 2.75) is 38.6 Å². The minimum atomic E-state index is -0.515. The lowest BCUT2D eigenvalue weighted by atomic mass is 10.0. The standard InChI is InChI=1S/C22H27N3O3S/c1-3-16-9-4-5-10-17(16)23-20(26)15-24(2)21(27)18-11-6-7-13-25(18)22(28)19-12-8-14-29-19/h4-5,8-10,12,14,18H,3,6-7,11,13,15H2,1-2H3,(H,23,26). The zero-order valence-electron chi connectivity index (χ0n) is 16.9. The number of hydrogen-bond donors (Lipinski definition) is 1. The van der Waals surface area contributed by atoms with E-state index in [-0.39, 0.29) is 24.3 Å². The summed E-state index contributed by atoms with van der Waals surface area (Å²) in [6.45, 7) is 2.55. The van der Waals surface area contributed by atoms with Crippen molar-refractivity contribution in [3.8, 4) is 0 Å². The van der Waals surface area contributed by atoms with Gasteiger partial charge in [0, 0.05) is 19.3 Å². The van der Waals surface area contributed by atoms with Crippen molar-refractivity contribution in [3.05, 3.63) is 52.2 Å². The van der Waals surface area contributed by atoms with Crippen molar-refractivity contribution in [1.29, 1.82) is 0 Å². The summed E-state index contributed by atoms with van der Waals surface area (Å²) in [6, 6.07) is 10.8. The van der Waals surface area contributed by atoms with E-state index in [4.69, 9.17) is 0 Å². The van der Waals surface area contributed by atoms with Gasteiger partial charge in [-0.2, -0.15) is 0 Å². The van der Waals surface area contributed by atoms with Crippen molar-refractivity contribution in [1.82, 2.24) is 9.80 Å².